The normalized spacial score (nSPS) is 12.7. The van der Waals surface area contributed by atoms with E-state index < -0.39 is 18.0 Å². The van der Waals surface area contributed by atoms with Gasteiger partial charge in [0.05, 0.1) is 6.42 Å². The highest BCUT2D eigenvalue weighted by Crippen LogP contribution is 2.26. The Labute approximate surface area is 176 Å². The first kappa shape index (κ1) is 22.6. The number of hydrogen-bond acceptors (Lipinski definition) is 4. The largest absolute Gasteiger partial charge is 0.453 e. The Kier molecular flexibility index (Phi) is 8.40. The van der Waals surface area contributed by atoms with Crippen molar-refractivity contribution in [3.63, 3.8) is 0 Å². The average Bonchev–Trinajstić information content (AvgIpc) is 2.72. The molecular weight excluding hydrogens is 390 g/mol. The lowest BCUT2D eigenvalue weighted by molar-refractivity contribution is -0.153. The monoisotopic (exact) mass is 415 g/mol. The number of esters is 1. The molecule has 1 N–H and O–H groups in total. The summed E-state index contributed by atoms with van der Waals surface area (Å²) in [5.41, 5.74) is 2.23. The molecule has 6 heteroatoms. The molecule has 0 spiro atoms. The number of nitrogens with one attached hydrogen (secondary N) is 1. The fourth-order valence-electron chi connectivity index (χ4n) is 2.80. The van der Waals surface area contributed by atoms with Crippen LogP contribution >= 0.6 is 11.6 Å². The zero-order valence-electron chi connectivity index (χ0n) is 16.9. The number of hydrogen-bond donors (Lipinski definition) is 1. The SMILES string of the molecule is CCC(C)c1ccccc1NC(=O)C(C)OC(=O)CCC(=O)c1ccc(Cl)cc1. The van der Waals surface area contributed by atoms with Crippen LogP contribution in [0.4, 0.5) is 5.69 Å². The first-order chi connectivity index (χ1) is 13.8. The molecule has 2 aromatic rings. The number of carbonyl (C=O) groups excluding carboxylic acids is 3. The van der Waals surface area contributed by atoms with Crippen molar-refractivity contribution in [2.45, 2.75) is 52.1 Å². The summed E-state index contributed by atoms with van der Waals surface area (Å²) in [5, 5.41) is 3.37. The van der Waals surface area contributed by atoms with Crippen molar-refractivity contribution in [2.75, 3.05) is 5.32 Å². The minimum absolute atomic E-state index is 0.00561. The highest BCUT2D eigenvalue weighted by molar-refractivity contribution is 6.30. The number of halogens is 1. The van der Waals surface area contributed by atoms with Crippen LogP contribution < -0.4 is 5.32 Å². The fraction of sp³-hybridized carbons (Fsp3) is 0.348. The summed E-state index contributed by atoms with van der Waals surface area (Å²) in [6.07, 6.45) is -0.106. The van der Waals surface area contributed by atoms with Crippen molar-refractivity contribution in [3.05, 3.63) is 64.7 Å². The number of anilines is 1. The number of para-hydroxylation sites is 1. The molecule has 0 aliphatic carbocycles. The second-order valence-electron chi connectivity index (χ2n) is 6.95. The van der Waals surface area contributed by atoms with Crippen LogP contribution in [0.25, 0.3) is 0 Å². The van der Waals surface area contributed by atoms with E-state index >= 15 is 0 Å². The first-order valence-corrected chi connectivity index (χ1v) is 10.1. The van der Waals surface area contributed by atoms with E-state index in [1.165, 1.54) is 6.92 Å². The molecule has 2 aromatic carbocycles. The topological polar surface area (TPSA) is 72.5 Å². The van der Waals surface area contributed by atoms with Crippen molar-refractivity contribution in [1.82, 2.24) is 0 Å². The molecule has 0 aliphatic heterocycles. The van der Waals surface area contributed by atoms with Gasteiger partial charge < -0.3 is 10.1 Å². The third-order valence-corrected chi connectivity index (χ3v) is 5.01. The lowest BCUT2D eigenvalue weighted by atomic mass is 9.97. The van der Waals surface area contributed by atoms with Gasteiger partial charge in [-0.1, -0.05) is 43.6 Å². The van der Waals surface area contributed by atoms with Crippen LogP contribution in [0.2, 0.25) is 5.02 Å². The number of rotatable bonds is 9. The van der Waals surface area contributed by atoms with Crippen LogP contribution in [0.15, 0.2) is 48.5 Å². The van der Waals surface area contributed by atoms with Crippen molar-refractivity contribution >= 4 is 34.9 Å². The molecule has 154 valence electrons. The molecule has 29 heavy (non-hydrogen) atoms. The van der Waals surface area contributed by atoms with E-state index in [-0.39, 0.29) is 18.6 Å². The molecule has 1 amide bonds. The van der Waals surface area contributed by atoms with Crippen LogP contribution in [-0.4, -0.2) is 23.8 Å². The molecule has 2 unspecified atom stereocenters. The minimum atomic E-state index is -0.960. The van der Waals surface area contributed by atoms with Gasteiger partial charge in [0.1, 0.15) is 0 Å². The van der Waals surface area contributed by atoms with Gasteiger partial charge in [-0.05, 0) is 55.2 Å². The van der Waals surface area contributed by atoms with Crippen LogP contribution in [0.5, 0.6) is 0 Å². The molecule has 0 aliphatic rings. The second-order valence-corrected chi connectivity index (χ2v) is 7.38. The van der Waals surface area contributed by atoms with Crippen LogP contribution in [0.3, 0.4) is 0 Å². The smallest absolute Gasteiger partial charge is 0.307 e. The lowest BCUT2D eigenvalue weighted by Gasteiger charge is -2.18. The number of benzene rings is 2. The van der Waals surface area contributed by atoms with Gasteiger partial charge in [0.2, 0.25) is 0 Å². The van der Waals surface area contributed by atoms with E-state index in [0.29, 0.717) is 22.2 Å². The van der Waals surface area contributed by atoms with Gasteiger partial charge in [0.25, 0.3) is 5.91 Å². The summed E-state index contributed by atoms with van der Waals surface area (Å²) >= 11 is 5.80. The first-order valence-electron chi connectivity index (χ1n) is 9.69. The minimum Gasteiger partial charge on any atom is -0.453 e. The summed E-state index contributed by atoms with van der Waals surface area (Å²) in [6.45, 7) is 5.69. The van der Waals surface area contributed by atoms with E-state index in [1.807, 2.05) is 24.3 Å². The molecule has 0 saturated carbocycles. The van der Waals surface area contributed by atoms with E-state index in [1.54, 1.807) is 24.3 Å². The Hall–Kier alpha value is -2.66. The van der Waals surface area contributed by atoms with Crippen molar-refractivity contribution in [1.29, 1.82) is 0 Å². The summed E-state index contributed by atoms with van der Waals surface area (Å²) in [6, 6.07) is 14.1. The number of carbonyl (C=O) groups is 3. The maximum atomic E-state index is 12.4. The van der Waals surface area contributed by atoms with E-state index in [4.69, 9.17) is 16.3 Å². The van der Waals surface area contributed by atoms with Crippen molar-refractivity contribution in [2.24, 2.45) is 0 Å². The Morgan fingerprint density at radius 1 is 1.00 bits per heavy atom. The maximum Gasteiger partial charge on any atom is 0.307 e. The molecule has 2 rings (SSSR count). The van der Waals surface area contributed by atoms with Gasteiger partial charge in [-0.3, -0.25) is 14.4 Å². The van der Waals surface area contributed by atoms with E-state index in [0.717, 1.165) is 12.0 Å². The Morgan fingerprint density at radius 3 is 2.31 bits per heavy atom. The van der Waals surface area contributed by atoms with Crippen LogP contribution in [0, 0.1) is 0 Å². The number of Topliss-reactive ketones (excluding diaryl/α,β-unsaturated/α-hetero) is 1. The predicted octanol–water partition coefficient (Wildman–Crippen LogP) is 5.39. The van der Waals surface area contributed by atoms with Gasteiger partial charge in [-0.2, -0.15) is 0 Å². The molecular formula is C23H26ClNO4. The fourth-order valence-corrected chi connectivity index (χ4v) is 2.93. The number of amides is 1. The Bertz CT molecular complexity index is 863. The van der Waals surface area contributed by atoms with Gasteiger partial charge in [-0.25, -0.2) is 0 Å². The molecule has 0 bridgehead atoms. The van der Waals surface area contributed by atoms with Crippen LogP contribution in [0.1, 0.15) is 61.9 Å². The Morgan fingerprint density at radius 2 is 1.66 bits per heavy atom. The highest BCUT2D eigenvalue weighted by Gasteiger charge is 2.20. The quantitative estimate of drug-likeness (QED) is 0.440. The third kappa shape index (κ3) is 6.71. The van der Waals surface area contributed by atoms with Crippen LogP contribution in [-0.2, 0) is 14.3 Å². The summed E-state index contributed by atoms with van der Waals surface area (Å²) < 4.78 is 5.19. The molecule has 0 saturated heterocycles. The van der Waals surface area contributed by atoms with Crippen molar-refractivity contribution in [3.8, 4) is 0 Å². The van der Waals surface area contributed by atoms with Gasteiger partial charge >= 0.3 is 5.97 Å². The van der Waals surface area contributed by atoms with Gasteiger partial charge in [0, 0.05) is 22.7 Å². The van der Waals surface area contributed by atoms with Gasteiger partial charge in [0.15, 0.2) is 11.9 Å². The summed E-state index contributed by atoms with van der Waals surface area (Å²) in [7, 11) is 0. The van der Waals surface area contributed by atoms with E-state index in [2.05, 4.69) is 19.2 Å². The standard InChI is InChI=1S/C23H26ClNO4/c1-4-15(2)19-7-5-6-8-20(19)25-23(28)16(3)29-22(27)14-13-21(26)17-9-11-18(24)12-10-17/h5-12,15-16H,4,13-14H2,1-3H3,(H,25,28). The summed E-state index contributed by atoms with van der Waals surface area (Å²) in [4.78, 5) is 36.6. The predicted molar refractivity (Wildman–Crippen MR) is 114 cm³/mol. The number of ketones is 1. The molecule has 0 aromatic heterocycles. The Balaban J connectivity index is 1.87. The van der Waals surface area contributed by atoms with E-state index in [9.17, 15) is 14.4 Å². The molecule has 5 nitrogen and oxygen atoms in total. The number of ether oxygens (including phenoxy) is 1. The second kappa shape index (κ2) is 10.8. The lowest BCUT2D eigenvalue weighted by Crippen LogP contribution is -2.30. The molecule has 2 atom stereocenters. The third-order valence-electron chi connectivity index (χ3n) is 4.76. The maximum absolute atomic E-state index is 12.4. The highest BCUT2D eigenvalue weighted by atomic mass is 35.5. The van der Waals surface area contributed by atoms with Gasteiger partial charge in [-0.15, -0.1) is 0 Å². The average molecular weight is 416 g/mol. The molecule has 0 fully saturated rings. The van der Waals surface area contributed by atoms with Crippen molar-refractivity contribution < 1.29 is 19.1 Å². The molecule has 0 heterocycles. The molecule has 0 radical (unpaired) electrons. The summed E-state index contributed by atoms with van der Waals surface area (Å²) in [5.74, 6) is -0.884. The zero-order chi connectivity index (χ0) is 21.4. The zero-order valence-corrected chi connectivity index (χ0v) is 17.7.